The summed E-state index contributed by atoms with van der Waals surface area (Å²) in [6.45, 7) is 3.99. The highest BCUT2D eigenvalue weighted by Gasteiger charge is 2.09. The Bertz CT molecular complexity index is 624. The number of benzene rings is 1. The molecule has 0 saturated heterocycles. The molecule has 0 radical (unpaired) electrons. The number of thioether (sulfide) groups is 1. The zero-order valence-electron chi connectivity index (χ0n) is 12.5. The van der Waals surface area contributed by atoms with Gasteiger partial charge in [0, 0.05) is 17.7 Å². The molecule has 0 fully saturated rings. The molecule has 7 heteroatoms. The second-order valence-electron chi connectivity index (χ2n) is 5.23. The highest BCUT2D eigenvalue weighted by molar-refractivity contribution is 7.99. The number of nitrogens with one attached hydrogen (secondary N) is 2. The van der Waals surface area contributed by atoms with Crippen molar-refractivity contribution in [3.05, 3.63) is 36.2 Å². The lowest BCUT2D eigenvalue weighted by Gasteiger charge is -2.07. The SMILES string of the molecule is CC(C)CC(=O)Nc1ccc(C(=O)CSc2ncn[nH]2)cc1. The molecule has 1 aromatic carbocycles. The first-order valence-electron chi connectivity index (χ1n) is 6.96. The van der Waals surface area contributed by atoms with Gasteiger partial charge in [0.2, 0.25) is 5.91 Å². The van der Waals surface area contributed by atoms with Gasteiger partial charge >= 0.3 is 0 Å². The minimum atomic E-state index is -0.0186. The summed E-state index contributed by atoms with van der Waals surface area (Å²) in [5.41, 5.74) is 1.30. The minimum Gasteiger partial charge on any atom is -0.326 e. The summed E-state index contributed by atoms with van der Waals surface area (Å²) in [6, 6.07) is 6.91. The summed E-state index contributed by atoms with van der Waals surface area (Å²) in [4.78, 5) is 27.7. The maximum Gasteiger partial charge on any atom is 0.224 e. The second kappa shape index (κ2) is 7.74. The quantitative estimate of drug-likeness (QED) is 0.605. The van der Waals surface area contributed by atoms with Gasteiger partial charge in [-0.25, -0.2) is 4.98 Å². The normalized spacial score (nSPS) is 10.7. The van der Waals surface area contributed by atoms with Crippen molar-refractivity contribution in [1.29, 1.82) is 0 Å². The Morgan fingerprint density at radius 3 is 2.59 bits per heavy atom. The first-order chi connectivity index (χ1) is 10.5. The van der Waals surface area contributed by atoms with Crippen LogP contribution in [0.1, 0.15) is 30.6 Å². The monoisotopic (exact) mass is 318 g/mol. The van der Waals surface area contributed by atoms with Crippen LogP contribution in [-0.4, -0.2) is 32.6 Å². The summed E-state index contributed by atoms with van der Waals surface area (Å²) in [5, 5.41) is 9.85. The van der Waals surface area contributed by atoms with Crippen LogP contribution in [0.15, 0.2) is 35.7 Å². The van der Waals surface area contributed by atoms with E-state index in [2.05, 4.69) is 20.5 Å². The summed E-state index contributed by atoms with van der Waals surface area (Å²) >= 11 is 1.30. The first kappa shape index (κ1) is 16.2. The average molecular weight is 318 g/mol. The molecule has 6 nitrogen and oxygen atoms in total. The Hall–Kier alpha value is -2.15. The predicted octanol–water partition coefficient (Wildman–Crippen LogP) is 2.76. The molecule has 1 amide bonds. The van der Waals surface area contributed by atoms with Crippen LogP contribution >= 0.6 is 11.8 Å². The number of H-pyrrole nitrogens is 1. The largest absolute Gasteiger partial charge is 0.326 e. The summed E-state index contributed by atoms with van der Waals surface area (Å²) in [5.74, 6) is 0.583. The van der Waals surface area contributed by atoms with Crippen molar-refractivity contribution < 1.29 is 9.59 Å². The van der Waals surface area contributed by atoms with Gasteiger partial charge in [0.1, 0.15) is 6.33 Å². The van der Waals surface area contributed by atoms with E-state index >= 15 is 0 Å². The van der Waals surface area contributed by atoms with Crippen LogP contribution < -0.4 is 5.32 Å². The van der Waals surface area contributed by atoms with E-state index in [9.17, 15) is 9.59 Å². The molecule has 0 saturated carbocycles. The number of hydrogen-bond acceptors (Lipinski definition) is 5. The van der Waals surface area contributed by atoms with Gasteiger partial charge in [-0.2, -0.15) is 5.10 Å². The number of carbonyl (C=O) groups excluding carboxylic acids is 2. The van der Waals surface area contributed by atoms with Crippen LogP contribution in [0.4, 0.5) is 5.69 Å². The first-order valence-corrected chi connectivity index (χ1v) is 7.94. The van der Waals surface area contributed by atoms with Crippen LogP contribution in [0, 0.1) is 5.92 Å². The fraction of sp³-hybridized carbons (Fsp3) is 0.333. The third-order valence-corrected chi connectivity index (χ3v) is 3.69. The number of nitrogens with zero attached hydrogens (tertiary/aromatic N) is 2. The average Bonchev–Trinajstić information content (AvgIpc) is 2.98. The maximum absolute atomic E-state index is 12.0. The molecule has 0 unspecified atom stereocenters. The molecule has 1 aromatic heterocycles. The lowest BCUT2D eigenvalue weighted by atomic mass is 10.1. The molecule has 1 heterocycles. The highest BCUT2D eigenvalue weighted by atomic mass is 32.2. The van der Waals surface area contributed by atoms with Crippen molar-refractivity contribution in [1.82, 2.24) is 15.2 Å². The molecule has 0 aliphatic heterocycles. The lowest BCUT2D eigenvalue weighted by molar-refractivity contribution is -0.116. The van der Waals surface area contributed by atoms with E-state index in [0.717, 1.165) is 0 Å². The Kier molecular flexibility index (Phi) is 5.71. The van der Waals surface area contributed by atoms with Gasteiger partial charge in [-0.15, -0.1) is 0 Å². The van der Waals surface area contributed by atoms with E-state index in [0.29, 0.717) is 28.7 Å². The molecule has 0 atom stereocenters. The zero-order valence-corrected chi connectivity index (χ0v) is 13.3. The fourth-order valence-corrected chi connectivity index (χ4v) is 2.48. The molecular formula is C15H18N4O2S. The van der Waals surface area contributed by atoms with Crippen molar-refractivity contribution in [2.75, 3.05) is 11.1 Å². The van der Waals surface area contributed by atoms with Crippen molar-refractivity contribution >= 4 is 29.1 Å². The summed E-state index contributed by atoms with van der Waals surface area (Å²) in [7, 11) is 0. The van der Waals surface area contributed by atoms with E-state index < -0.39 is 0 Å². The Labute approximate surface area is 133 Å². The molecule has 2 N–H and O–H groups in total. The van der Waals surface area contributed by atoms with Crippen molar-refractivity contribution in [2.24, 2.45) is 5.92 Å². The third-order valence-electron chi connectivity index (χ3n) is 2.82. The number of Topliss-reactive ketones (excluding diaryl/α,β-unsaturated/α-hetero) is 1. The maximum atomic E-state index is 12.0. The topological polar surface area (TPSA) is 87.7 Å². The number of amides is 1. The second-order valence-corrected chi connectivity index (χ2v) is 6.19. The molecule has 0 bridgehead atoms. The van der Waals surface area contributed by atoms with Crippen LogP contribution in [0.25, 0.3) is 0 Å². The number of hydrogen-bond donors (Lipinski definition) is 2. The highest BCUT2D eigenvalue weighted by Crippen LogP contribution is 2.16. The van der Waals surface area contributed by atoms with Crippen LogP contribution in [0.2, 0.25) is 0 Å². The molecule has 116 valence electrons. The van der Waals surface area contributed by atoms with Gasteiger partial charge in [0.05, 0.1) is 5.75 Å². The fourth-order valence-electron chi connectivity index (χ4n) is 1.80. The molecule has 2 aromatic rings. The van der Waals surface area contributed by atoms with E-state index in [1.165, 1.54) is 18.1 Å². The lowest BCUT2D eigenvalue weighted by Crippen LogP contribution is -2.14. The number of aromatic nitrogens is 3. The Morgan fingerprint density at radius 1 is 1.27 bits per heavy atom. The predicted molar refractivity (Wildman–Crippen MR) is 86.0 cm³/mol. The Morgan fingerprint density at radius 2 is 2.00 bits per heavy atom. The van der Waals surface area contributed by atoms with E-state index in [-0.39, 0.29) is 17.4 Å². The number of rotatable bonds is 7. The molecular weight excluding hydrogens is 300 g/mol. The molecule has 0 aliphatic carbocycles. The number of carbonyl (C=O) groups is 2. The molecule has 22 heavy (non-hydrogen) atoms. The Balaban J connectivity index is 1.88. The molecule has 0 aliphatic rings. The van der Waals surface area contributed by atoms with Gasteiger partial charge in [0.25, 0.3) is 0 Å². The van der Waals surface area contributed by atoms with E-state index in [1.807, 2.05) is 13.8 Å². The van der Waals surface area contributed by atoms with Gasteiger partial charge in [0.15, 0.2) is 10.9 Å². The number of aromatic amines is 1. The molecule has 2 rings (SSSR count). The van der Waals surface area contributed by atoms with Gasteiger partial charge < -0.3 is 5.32 Å². The smallest absolute Gasteiger partial charge is 0.224 e. The van der Waals surface area contributed by atoms with Gasteiger partial charge in [-0.3, -0.25) is 14.7 Å². The van der Waals surface area contributed by atoms with E-state index in [4.69, 9.17) is 0 Å². The van der Waals surface area contributed by atoms with Crippen LogP contribution in [0.3, 0.4) is 0 Å². The van der Waals surface area contributed by atoms with Gasteiger partial charge in [-0.05, 0) is 30.2 Å². The minimum absolute atomic E-state index is 0.00135. The summed E-state index contributed by atoms with van der Waals surface area (Å²) in [6.07, 6.45) is 1.88. The van der Waals surface area contributed by atoms with Gasteiger partial charge in [-0.1, -0.05) is 25.6 Å². The van der Waals surface area contributed by atoms with Crippen LogP contribution in [0.5, 0.6) is 0 Å². The van der Waals surface area contributed by atoms with Crippen LogP contribution in [-0.2, 0) is 4.79 Å². The van der Waals surface area contributed by atoms with Crippen molar-refractivity contribution in [3.63, 3.8) is 0 Å². The third kappa shape index (κ3) is 5.00. The van der Waals surface area contributed by atoms with Crippen molar-refractivity contribution in [3.8, 4) is 0 Å². The van der Waals surface area contributed by atoms with Crippen molar-refractivity contribution in [2.45, 2.75) is 25.4 Å². The number of anilines is 1. The number of ketones is 1. The standard InChI is InChI=1S/C15H18N4O2S/c1-10(2)7-14(21)18-12-5-3-11(4-6-12)13(20)8-22-15-16-9-17-19-15/h3-6,9-10H,7-8H2,1-2H3,(H,18,21)(H,16,17,19). The summed E-state index contributed by atoms with van der Waals surface area (Å²) < 4.78 is 0. The van der Waals surface area contributed by atoms with E-state index in [1.54, 1.807) is 24.3 Å². The zero-order chi connectivity index (χ0) is 15.9. The molecule has 0 spiro atoms.